The lowest BCUT2D eigenvalue weighted by molar-refractivity contribution is 0.661. The smallest absolute Gasteiger partial charge is 0.0181 e. The minimum absolute atomic E-state index is 0.671. The largest absolute Gasteiger partial charge is 0.121 e. The Bertz CT molecular complexity index is 407. The Kier molecular flexibility index (Phi) is 3.22. The van der Waals surface area contributed by atoms with Crippen LogP contribution < -0.4 is 0 Å². The van der Waals surface area contributed by atoms with Crippen LogP contribution in [0.1, 0.15) is 19.8 Å². The van der Waals surface area contributed by atoms with Gasteiger partial charge in [-0.15, -0.1) is 5.73 Å². The lowest BCUT2D eigenvalue weighted by atomic mass is 10.00. The van der Waals surface area contributed by atoms with Crippen LogP contribution in [0.3, 0.4) is 0 Å². The number of hydrogen-bond donors (Lipinski definition) is 0. The van der Waals surface area contributed by atoms with Gasteiger partial charge < -0.3 is 0 Å². The SMILES string of the molecule is CC1C=C(C2=CC=C=CC=C2)C=CCC1. The molecule has 0 amide bonds. The zero-order chi connectivity index (χ0) is 10.5. The normalized spacial score (nSPS) is 24.5. The third-order valence-corrected chi connectivity index (χ3v) is 2.71. The van der Waals surface area contributed by atoms with E-state index in [-0.39, 0.29) is 0 Å². The molecule has 0 N–H and O–H groups in total. The molecule has 0 radical (unpaired) electrons. The monoisotopic (exact) mass is 196 g/mol. The van der Waals surface area contributed by atoms with Crippen LogP contribution in [-0.2, 0) is 0 Å². The molecular formula is C15H16. The van der Waals surface area contributed by atoms with Gasteiger partial charge in [0.25, 0.3) is 0 Å². The molecular weight excluding hydrogens is 180 g/mol. The Hall–Kier alpha value is -1.52. The first-order valence-corrected chi connectivity index (χ1v) is 5.54. The molecule has 0 saturated carbocycles. The summed E-state index contributed by atoms with van der Waals surface area (Å²) >= 11 is 0. The molecule has 0 nitrogen and oxygen atoms in total. The van der Waals surface area contributed by atoms with Crippen LogP contribution in [0.2, 0.25) is 0 Å². The summed E-state index contributed by atoms with van der Waals surface area (Å²) in [6, 6.07) is 0. The predicted molar refractivity (Wildman–Crippen MR) is 65.5 cm³/mol. The van der Waals surface area contributed by atoms with Crippen molar-refractivity contribution in [1.29, 1.82) is 0 Å². The summed E-state index contributed by atoms with van der Waals surface area (Å²) in [7, 11) is 0. The molecule has 2 aliphatic carbocycles. The van der Waals surface area contributed by atoms with Crippen LogP contribution in [0, 0.1) is 5.92 Å². The fourth-order valence-electron chi connectivity index (χ4n) is 1.86. The molecule has 0 bridgehead atoms. The summed E-state index contributed by atoms with van der Waals surface area (Å²) in [5.74, 6) is 0.671. The highest BCUT2D eigenvalue weighted by Crippen LogP contribution is 2.22. The van der Waals surface area contributed by atoms with E-state index in [1.54, 1.807) is 0 Å². The molecule has 0 heteroatoms. The van der Waals surface area contributed by atoms with Gasteiger partial charge in [-0.2, -0.15) is 0 Å². The molecule has 0 aromatic rings. The van der Waals surface area contributed by atoms with Crippen molar-refractivity contribution in [2.24, 2.45) is 5.92 Å². The van der Waals surface area contributed by atoms with Gasteiger partial charge >= 0.3 is 0 Å². The first-order valence-electron chi connectivity index (χ1n) is 5.54. The first kappa shape index (κ1) is 10.0. The minimum atomic E-state index is 0.671. The second kappa shape index (κ2) is 4.82. The van der Waals surface area contributed by atoms with Crippen LogP contribution in [-0.4, -0.2) is 0 Å². The molecule has 0 aliphatic heterocycles. The van der Waals surface area contributed by atoms with Crippen LogP contribution in [0.5, 0.6) is 0 Å². The Balaban J connectivity index is 2.29. The summed E-state index contributed by atoms with van der Waals surface area (Å²) in [4.78, 5) is 0. The lowest BCUT2D eigenvalue weighted by Gasteiger charge is -2.05. The standard InChI is InChI=1S/C15H16/c1-13-8-6-7-11-15(12-13)14-9-4-2-3-5-10-14/h2,4-5,7,9-13H,6,8H2,1H3. The predicted octanol–water partition coefficient (Wildman–Crippen LogP) is 4.11. The van der Waals surface area contributed by atoms with E-state index in [0.717, 1.165) is 0 Å². The van der Waals surface area contributed by atoms with Crippen LogP contribution >= 0.6 is 0 Å². The van der Waals surface area contributed by atoms with Gasteiger partial charge in [-0.05, 0) is 48.1 Å². The van der Waals surface area contributed by atoms with Gasteiger partial charge in [0, 0.05) is 0 Å². The van der Waals surface area contributed by atoms with Crippen molar-refractivity contribution in [3.05, 3.63) is 65.5 Å². The Morgan fingerprint density at radius 1 is 1.20 bits per heavy atom. The van der Waals surface area contributed by atoms with Crippen LogP contribution in [0.25, 0.3) is 0 Å². The fraction of sp³-hybridized carbons (Fsp3) is 0.267. The second-order valence-electron chi connectivity index (χ2n) is 4.06. The van der Waals surface area contributed by atoms with E-state index in [2.05, 4.69) is 43.0 Å². The van der Waals surface area contributed by atoms with E-state index in [9.17, 15) is 0 Å². The second-order valence-corrected chi connectivity index (χ2v) is 4.06. The Morgan fingerprint density at radius 3 is 3.07 bits per heavy atom. The minimum Gasteiger partial charge on any atom is -0.121 e. The van der Waals surface area contributed by atoms with Crippen molar-refractivity contribution in [3.8, 4) is 0 Å². The molecule has 1 atom stereocenters. The highest BCUT2D eigenvalue weighted by Gasteiger charge is 2.05. The van der Waals surface area contributed by atoms with E-state index in [0.29, 0.717) is 5.92 Å². The summed E-state index contributed by atoms with van der Waals surface area (Å²) in [5, 5.41) is 0. The molecule has 0 fully saturated rings. The molecule has 0 spiro atoms. The van der Waals surface area contributed by atoms with E-state index in [4.69, 9.17) is 0 Å². The third kappa shape index (κ3) is 2.71. The van der Waals surface area contributed by atoms with E-state index >= 15 is 0 Å². The average Bonchev–Trinajstić information content (AvgIpc) is 2.59. The average molecular weight is 196 g/mol. The van der Waals surface area contributed by atoms with E-state index in [1.165, 1.54) is 24.0 Å². The van der Waals surface area contributed by atoms with Gasteiger partial charge in [0.05, 0.1) is 0 Å². The maximum atomic E-state index is 3.08. The van der Waals surface area contributed by atoms with Crippen molar-refractivity contribution in [3.63, 3.8) is 0 Å². The lowest BCUT2D eigenvalue weighted by Crippen LogP contribution is -1.89. The Labute approximate surface area is 91.7 Å². The van der Waals surface area contributed by atoms with E-state index < -0.39 is 0 Å². The first-order chi connectivity index (χ1) is 7.36. The van der Waals surface area contributed by atoms with Crippen molar-refractivity contribution in [1.82, 2.24) is 0 Å². The zero-order valence-electron chi connectivity index (χ0n) is 9.11. The van der Waals surface area contributed by atoms with Gasteiger partial charge in [0.15, 0.2) is 0 Å². The molecule has 76 valence electrons. The molecule has 0 saturated heterocycles. The third-order valence-electron chi connectivity index (χ3n) is 2.71. The van der Waals surface area contributed by atoms with Gasteiger partial charge in [0.2, 0.25) is 0 Å². The molecule has 2 rings (SSSR count). The molecule has 0 heterocycles. The number of rotatable bonds is 1. The molecule has 0 aromatic carbocycles. The van der Waals surface area contributed by atoms with Crippen LogP contribution in [0.15, 0.2) is 65.5 Å². The summed E-state index contributed by atoms with van der Waals surface area (Å²) < 4.78 is 0. The Morgan fingerprint density at radius 2 is 2.13 bits per heavy atom. The van der Waals surface area contributed by atoms with E-state index in [1.807, 2.05) is 18.2 Å². The van der Waals surface area contributed by atoms with Gasteiger partial charge in [-0.1, -0.05) is 37.3 Å². The molecule has 2 aliphatic rings. The maximum absolute atomic E-state index is 3.08. The number of allylic oxidation sites excluding steroid dienone is 9. The van der Waals surface area contributed by atoms with Crippen LogP contribution in [0.4, 0.5) is 0 Å². The summed E-state index contributed by atoms with van der Waals surface area (Å²) in [6.45, 7) is 2.28. The van der Waals surface area contributed by atoms with Crippen molar-refractivity contribution < 1.29 is 0 Å². The summed E-state index contributed by atoms with van der Waals surface area (Å²) in [5.41, 5.74) is 5.70. The van der Waals surface area contributed by atoms with Gasteiger partial charge in [-0.25, -0.2) is 0 Å². The molecule has 1 unspecified atom stereocenters. The topological polar surface area (TPSA) is 0 Å². The highest BCUT2D eigenvalue weighted by molar-refractivity contribution is 5.50. The van der Waals surface area contributed by atoms with Crippen molar-refractivity contribution in [2.45, 2.75) is 19.8 Å². The molecule has 15 heavy (non-hydrogen) atoms. The summed E-state index contributed by atoms with van der Waals surface area (Å²) in [6.07, 6.45) is 19.5. The fourth-order valence-corrected chi connectivity index (χ4v) is 1.86. The quantitative estimate of drug-likeness (QED) is 0.554. The maximum Gasteiger partial charge on any atom is -0.0181 e. The highest BCUT2D eigenvalue weighted by atomic mass is 14.1. The number of hydrogen-bond acceptors (Lipinski definition) is 0. The van der Waals surface area contributed by atoms with Gasteiger partial charge in [0.1, 0.15) is 0 Å². The van der Waals surface area contributed by atoms with Crippen molar-refractivity contribution >= 4 is 0 Å². The zero-order valence-corrected chi connectivity index (χ0v) is 9.11. The molecule has 0 aromatic heterocycles. The van der Waals surface area contributed by atoms with Crippen molar-refractivity contribution in [2.75, 3.05) is 0 Å². The van der Waals surface area contributed by atoms with Gasteiger partial charge in [-0.3, -0.25) is 0 Å².